The van der Waals surface area contributed by atoms with Gasteiger partial charge in [-0.25, -0.2) is 8.42 Å². The Bertz CT molecular complexity index is 602. The highest BCUT2D eigenvalue weighted by Gasteiger charge is 2.38. The van der Waals surface area contributed by atoms with Crippen molar-refractivity contribution in [2.24, 2.45) is 0 Å². The zero-order chi connectivity index (χ0) is 19.9. The highest BCUT2D eigenvalue weighted by Crippen LogP contribution is 2.23. The smallest absolute Gasteiger partial charge is 0.241 e. The van der Waals surface area contributed by atoms with Crippen LogP contribution >= 0.6 is 0 Å². The van der Waals surface area contributed by atoms with Crippen molar-refractivity contribution in [3.8, 4) is 0 Å². The van der Waals surface area contributed by atoms with Crippen LogP contribution in [0.5, 0.6) is 0 Å². The Kier molecular flexibility index (Phi) is 8.50. The number of piperidine rings is 1. The number of rotatable bonds is 8. The van der Waals surface area contributed by atoms with Gasteiger partial charge in [0.25, 0.3) is 0 Å². The first-order chi connectivity index (χ1) is 12.9. The molecule has 0 saturated carbocycles. The van der Waals surface area contributed by atoms with Gasteiger partial charge in [-0.15, -0.1) is 0 Å². The number of nitrogens with zero attached hydrogens (tertiary/aromatic N) is 3. The third kappa shape index (κ3) is 6.15. The molecule has 2 aliphatic heterocycles. The number of amides is 2. The van der Waals surface area contributed by atoms with E-state index in [-0.39, 0.29) is 17.6 Å². The molecule has 0 aromatic rings. The molecule has 0 aromatic carbocycles. The maximum Gasteiger partial charge on any atom is 0.241 e. The number of carbonyl (C=O) groups excluding carboxylic acids is 2. The van der Waals surface area contributed by atoms with Crippen LogP contribution in [-0.4, -0.2) is 91.9 Å². The van der Waals surface area contributed by atoms with E-state index in [1.807, 2.05) is 18.7 Å². The average molecular weight is 403 g/mol. The Morgan fingerprint density at radius 2 is 1.70 bits per heavy atom. The molecule has 2 saturated heterocycles. The van der Waals surface area contributed by atoms with Crippen LogP contribution in [-0.2, 0) is 19.6 Å². The van der Waals surface area contributed by atoms with Gasteiger partial charge in [0.1, 0.15) is 6.04 Å². The predicted octanol–water partition coefficient (Wildman–Crippen LogP) is 0.251. The second kappa shape index (κ2) is 10.4. The topological polar surface area (TPSA) is 90.0 Å². The summed E-state index contributed by atoms with van der Waals surface area (Å²) in [6, 6.07) is -0.560. The molecule has 27 heavy (non-hydrogen) atoms. The third-order valence-corrected chi connectivity index (χ3v) is 7.26. The minimum absolute atomic E-state index is 0.0146. The number of hydrogen-bond acceptors (Lipinski definition) is 5. The van der Waals surface area contributed by atoms with Gasteiger partial charge < -0.3 is 10.2 Å². The molecule has 8 nitrogen and oxygen atoms in total. The lowest BCUT2D eigenvalue weighted by Crippen LogP contribution is -2.58. The van der Waals surface area contributed by atoms with Crippen LogP contribution in [0.1, 0.15) is 46.0 Å². The SMILES string of the molecule is CCCNC(=O)CN1CCN(C(=O)C2CCCCN2S(=O)(=O)CCC)CC1. The van der Waals surface area contributed by atoms with Gasteiger partial charge in [-0.1, -0.05) is 20.3 Å². The van der Waals surface area contributed by atoms with Gasteiger partial charge in [-0.05, 0) is 25.7 Å². The summed E-state index contributed by atoms with van der Waals surface area (Å²) in [5.74, 6) is 0.0300. The van der Waals surface area contributed by atoms with E-state index in [4.69, 9.17) is 0 Å². The molecular weight excluding hydrogens is 368 g/mol. The number of sulfonamides is 1. The summed E-state index contributed by atoms with van der Waals surface area (Å²) < 4.78 is 26.5. The molecule has 1 N–H and O–H groups in total. The molecule has 2 fully saturated rings. The zero-order valence-electron chi connectivity index (χ0n) is 16.7. The van der Waals surface area contributed by atoms with Gasteiger partial charge in [0.2, 0.25) is 21.8 Å². The molecule has 2 rings (SSSR count). The van der Waals surface area contributed by atoms with Crippen LogP contribution in [0.15, 0.2) is 0 Å². The average Bonchev–Trinajstić information content (AvgIpc) is 2.66. The van der Waals surface area contributed by atoms with Crippen molar-refractivity contribution in [1.82, 2.24) is 19.4 Å². The van der Waals surface area contributed by atoms with Gasteiger partial charge in [0.15, 0.2) is 0 Å². The Labute approximate surface area is 163 Å². The molecule has 2 aliphatic rings. The van der Waals surface area contributed by atoms with E-state index >= 15 is 0 Å². The largest absolute Gasteiger partial charge is 0.355 e. The van der Waals surface area contributed by atoms with E-state index in [0.717, 1.165) is 19.3 Å². The lowest BCUT2D eigenvalue weighted by Gasteiger charge is -2.40. The minimum atomic E-state index is -3.38. The summed E-state index contributed by atoms with van der Waals surface area (Å²) in [5.41, 5.74) is 0. The second-order valence-corrected chi connectivity index (χ2v) is 9.43. The highest BCUT2D eigenvalue weighted by atomic mass is 32.2. The molecule has 0 bridgehead atoms. The molecule has 0 aromatic heterocycles. The summed E-state index contributed by atoms with van der Waals surface area (Å²) in [6.07, 6.45) is 3.76. The van der Waals surface area contributed by atoms with Crippen LogP contribution in [0, 0.1) is 0 Å². The fraction of sp³-hybridized carbons (Fsp3) is 0.889. The molecular formula is C18H34N4O4S. The first-order valence-electron chi connectivity index (χ1n) is 10.2. The van der Waals surface area contributed by atoms with Crippen LogP contribution in [0.4, 0.5) is 0 Å². The molecule has 2 amide bonds. The lowest BCUT2D eigenvalue weighted by molar-refractivity contribution is -0.138. The number of piperazine rings is 1. The number of carbonyl (C=O) groups is 2. The van der Waals surface area contributed by atoms with E-state index in [0.29, 0.717) is 58.7 Å². The lowest BCUT2D eigenvalue weighted by atomic mass is 10.0. The quantitative estimate of drug-likeness (QED) is 0.629. The maximum absolute atomic E-state index is 13.0. The Morgan fingerprint density at radius 3 is 2.33 bits per heavy atom. The highest BCUT2D eigenvalue weighted by molar-refractivity contribution is 7.89. The molecule has 1 atom stereocenters. The Hall–Kier alpha value is -1.19. The number of nitrogens with one attached hydrogen (secondary N) is 1. The molecule has 0 spiro atoms. The van der Waals surface area contributed by atoms with Crippen LogP contribution < -0.4 is 5.32 Å². The van der Waals surface area contributed by atoms with Gasteiger partial charge in [0, 0.05) is 39.3 Å². The first kappa shape index (κ1) is 22.1. The number of hydrogen-bond donors (Lipinski definition) is 1. The van der Waals surface area contributed by atoms with Crippen LogP contribution in [0.25, 0.3) is 0 Å². The van der Waals surface area contributed by atoms with E-state index < -0.39 is 16.1 Å². The summed E-state index contributed by atoms with van der Waals surface area (Å²) in [4.78, 5) is 28.7. The summed E-state index contributed by atoms with van der Waals surface area (Å²) in [5, 5.41) is 2.87. The molecule has 9 heteroatoms. The summed E-state index contributed by atoms with van der Waals surface area (Å²) >= 11 is 0. The third-order valence-electron chi connectivity index (χ3n) is 5.18. The van der Waals surface area contributed by atoms with Crippen molar-refractivity contribution in [3.63, 3.8) is 0 Å². The normalized spacial score (nSPS) is 22.6. The first-order valence-corrected chi connectivity index (χ1v) is 11.8. The minimum Gasteiger partial charge on any atom is -0.355 e. The van der Waals surface area contributed by atoms with E-state index in [2.05, 4.69) is 5.32 Å². The van der Waals surface area contributed by atoms with Crippen molar-refractivity contribution in [2.45, 2.75) is 52.0 Å². The van der Waals surface area contributed by atoms with Crippen molar-refractivity contribution in [2.75, 3.05) is 51.6 Å². The molecule has 2 heterocycles. The van der Waals surface area contributed by atoms with Gasteiger partial charge in [0.05, 0.1) is 12.3 Å². The van der Waals surface area contributed by atoms with Gasteiger partial charge in [-0.2, -0.15) is 4.31 Å². The Balaban J connectivity index is 1.91. The monoisotopic (exact) mass is 402 g/mol. The maximum atomic E-state index is 13.0. The van der Waals surface area contributed by atoms with Crippen LogP contribution in [0.2, 0.25) is 0 Å². The zero-order valence-corrected chi connectivity index (χ0v) is 17.5. The predicted molar refractivity (Wildman–Crippen MR) is 105 cm³/mol. The van der Waals surface area contributed by atoms with E-state index in [1.54, 1.807) is 4.90 Å². The van der Waals surface area contributed by atoms with Crippen molar-refractivity contribution >= 4 is 21.8 Å². The van der Waals surface area contributed by atoms with Gasteiger partial charge >= 0.3 is 0 Å². The second-order valence-electron chi connectivity index (χ2n) is 7.39. The fourth-order valence-corrected chi connectivity index (χ4v) is 5.46. The van der Waals surface area contributed by atoms with Crippen molar-refractivity contribution in [1.29, 1.82) is 0 Å². The van der Waals surface area contributed by atoms with Crippen LogP contribution in [0.3, 0.4) is 0 Å². The molecule has 0 aliphatic carbocycles. The summed E-state index contributed by atoms with van der Waals surface area (Å²) in [6.45, 7) is 7.68. The molecule has 156 valence electrons. The van der Waals surface area contributed by atoms with Crippen molar-refractivity contribution in [3.05, 3.63) is 0 Å². The van der Waals surface area contributed by atoms with E-state index in [1.165, 1.54) is 4.31 Å². The van der Waals surface area contributed by atoms with Gasteiger partial charge in [-0.3, -0.25) is 14.5 Å². The standard InChI is InChI=1S/C18H34N4O4S/c1-3-8-19-17(23)15-20-10-12-21(13-11-20)18(24)16-7-5-6-9-22(16)27(25,26)14-4-2/h16H,3-15H2,1-2H3,(H,19,23). The van der Waals surface area contributed by atoms with E-state index in [9.17, 15) is 18.0 Å². The Morgan fingerprint density at radius 1 is 1.00 bits per heavy atom. The van der Waals surface area contributed by atoms with Crippen molar-refractivity contribution < 1.29 is 18.0 Å². The fourth-order valence-electron chi connectivity index (χ4n) is 3.72. The molecule has 0 radical (unpaired) electrons. The summed E-state index contributed by atoms with van der Waals surface area (Å²) in [7, 11) is -3.38. The molecule has 1 unspecified atom stereocenters.